The maximum atomic E-state index is 11.6. The Labute approximate surface area is 118 Å². The van der Waals surface area contributed by atoms with Crippen molar-refractivity contribution in [2.45, 2.75) is 51.4 Å². The lowest BCUT2D eigenvalue weighted by Gasteiger charge is -2.21. The van der Waals surface area contributed by atoms with E-state index in [1.807, 2.05) is 13.8 Å². The van der Waals surface area contributed by atoms with Crippen LogP contribution in [0.2, 0.25) is 0 Å². The largest absolute Gasteiger partial charge is 0.344 e. The molecule has 0 aromatic carbocycles. The van der Waals surface area contributed by atoms with Gasteiger partial charge >= 0.3 is 5.69 Å². The zero-order valence-electron chi connectivity index (χ0n) is 12.4. The van der Waals surface area contributed by atoms with Crippen LogP contribution in [0, 0.1) is 0 Å². The Morgan fingerprint density at radius 3 is 2.68 bits per heavy atom. The first-order valence-corrected chi connectivity index (χ1v) is 7.40. The van der Waals surface area contributed by atoms with Gasteiger partial charge in [0.2, 0.25) is 0 Å². The highest BCUT2D eigenvalue weighted by Gasteiger charge is 2.13. The van der Waals surface area contributed by atoms with Crippen molar-refractivity contribution >= 4 is 11.8 Å². The molecule has 0 saturated heterocycles. The first-order chi connectivity index (χ1) is 8.70. The molecule has 0 aliphatic rings. The number of hydrogen-bond donors (Lipinski definition) is 2. The van der Waals surface area contributed by atoms with Crippen molar-refractivity contribution in [2.75, 3.05) is 12.3 Å². The molecule has 1 rings (SSSR count). The summed E-state index contributed by atoms with van der Waals surface area (Å²) >= 11 is 1.54. The molecule has 0 amide bonds. The highest BCUT2D eigenvalue weighted by molar-refractivity contribution is 7.99. The molecule has 0 spiro atoms. The molecule has 108 valence electrons. The molecule has 0 aliphatic carbocycles. The molecule has 0 bridgehead atoms. The van der Waals surface area contributed by atoms with Crippen molar-refractivity contribution in [3.63, 3.8) is 0 Å². The van der Waals surface area contributed by atoms with Gasteiger partial charge in [-0.05, 0) is 34.6 Å². The number of nitrogens with zero attached hydrogens (tertiary/aromatic N) is 2. The number of H-pyrrole nitrogens is 1. The standard InChI is InChI=1S/C13H24N4OS/c1-9(2)17-11(18)15-16-12(17)19-8-10(3)7-14-13(4,5)6/h9,14H,3,7-8H2,1-2,4-6H3,(H,15,18). The first-order valence-electron chi connectivity index (χ1n) is 6.42. The second-order valence-electron chi connectivity index (χ2n) is 5.92. The molecule has 1 heterocycles. The van der Waals surface area contributed by atoms with Gasteiger partial charge in [0.15, 0.2) is 5.16 Å². The second kappa shape index (κ2) is 6.43. The summed E-state index contributed by atoms with van der Waals surface area (Å²) in [6.07, 6.45) is 0. The van der Waals surface area contributed by atoms with E-state index in [4.69, 9.17) is 0 Å². The molecule has 5 nitrogen and oxygen atoms in total. The Morgan fingerprint density at radius 1 is 1.53 bits per heavy atom. The van der Waals surface area contributed by atoms with Gasteiger partial charge in [-0.25, -0.2) is 9.89 Å². The molecule has 2 N–H and O–H groups in total. The van der Waals surface area contributed by atoms with Crippen LogP contribution in [0.5, 0.6) is 0 Å². The van der Waals surface area contributed by atoms with Gasteiger partial charge in [-0.2, -0.15) is 0 Å². The van der Waals surface area contributed by atoms with Gasteiger partial charge in [0.1, 0.15) is 0 Å². The highest BCUT2D eigenvalue weighted by Crippen LogP contribution is 2.18. The first kappa shape index (κ1) is 16.0. The van der Waals surface area contributed by atoms with Crippen molar-refractivity contribution in [3.8, 4) is 0 Å². The third-order valence-corrected chi connectivity index (χ3v) is 3.56. The number of rotatable bonds is 6. The van der Waals surface area contributed by atoms with Crippen molar-refractivity contribution in [1.82, 2.24) is 20.1 Å². The van der Waals surface area contributed by atoms with Gasteiger partial charge in [-0.3, -0.25) is 4.57 Å². The van der Waals surface area contributed by atoms with Crippen LogP contribution in [0.25, 0.3) is 0 Å². The Bertz CT molecular complexity index is 482. The van der Waals surface area contributed by atoms with E-state index in [2.05, 4.69) is 42.9 Å². The molecule has 0 fully saturated rings. The molecule has 0 atom stereocenters. The lowest BCUT2D eigenvalue weighted by atomic mass is 10.1. The SMILES string of the molecule is C=C(CNC(C)(C)C)CSc1n[nH]c(=O)n1C(C)C. The molecule has 1 aromatic heterocycles. The topological polar surface area (TPSA) is 62.7 Å². The minimum Gasteiger partial charge on any atom is -0.308 e. The lowest BCUT2D eigenvalue weighted by molar-refractivity contribution is 0.445. The molecule has 0 unspecified atom stereocenters. The molecule has 6 heteroatoms. The highest BCUT2D eigenvalue weighted by atomic mass is 32.2. The number of nitrogens with one attached hydrogen (secondary N) is 2. The fourth-order valence-corrected chi connectivity index (χ4v) is 2.43. The Balaban J connectivity index is 2.54. The van der Waals surface area contributed by atoms with E-state index in [1.54, 1.807) is 4.57 Å². The summed E-state index contributed by atoms with van der Waals surface area (Å²) in [5, 5.41) is 10.6. The normalized spacial score (nSPS) is 12.1. The number of aromatic nitrogens is 3. The van der Waals surface area contributed by atoms with Crippen LogP contribution in [0.4, 0.5) is 0 Å². The van der Waals surface area contributed by atoms with Crippen molar-refractivity contribution in [1.29, 1.82) is 0 Å². The Kier molecular flexibility index (Phi) is 5.43. The summed E-state index contributed by atoms with van der Waals surface area (Å²) < 4.78 is 1.66. The number of aromatic amines is 1. The van der Waals surface area contributed by atoms with Crippen LogP contribution >= 0.6 is 11.8 Å². The summed E-state index contributed by atoms with van der Waals surface area (Å²) in [5.74, 6) is 0.750. The smallest absolute Gasteiger partial charge is 0.308 e. The van der Waals surface area contributed by atoms with Crippen LogP contribution in [0.3, 0.4) is 0 Å². The fourth-order valence-electron chi connectivity index (χ4n) is 1.46. The van der Waals surface area contributed by atoms with E-state index in [1.165, 1.54) is 11.8 Å². The zero-order valence-corrected chi connectivity index (χ0v) is 13.2. The zero-order chi connectivity index (χ0) is 14.6. The molecular formula is C13H24N4OS. The van der Waals surface area contributed by atoms with Crippen LogP contribution < -0.4 is 11.0 Å². The maximum absolute atomic E-state index is 11.6. The van der Waals surface area contributed by atoms with Gasteiger partial charge in [-0.1, -0.05) is 23.9 Å². The van der Waals surface area contributed by atoms with E-state index < -0.39 is 0 Å². The summed E-state index contributed by atoms with van der Waals surface area (Å²) in [6.45, 7) is 15.1. The van der Waals surface area contributed by atoms with Crippen LogP contribution in [0.1, 0.15) is 40.7 Å². The predicted octanol–water partition coefficient (Wildman–Crippen LogP) is 2.19. The molecule has 0 saturated carbocycles. The molecular weight excluding hydrogens is 260 g/mol. The summed E-state index contributed by atoms with van der Waals surface area (Å²) in [4.78, 5) is 11.6. The van der Waals surface area contributed by atoms with Gasteiger partial charge < -0.3 is 5.32 Å². The molecule has 0 aliphatic heterocycles. The Hall–Kier alpha value is -1.01. The third-order valence-electron chi connectivity index (χ3n) is 2.46. The molecule has 1 aromatic rings. The molecule has 19 heavy (non-hydrogen) atoms. The quantitative estimate of drug-likeness (QED) is 0.621. The van der Waals surface area contributed by atoms with E-state index >= 15 is 0 Å². The van der Waals surface area contributed by atoms with Crippen molar-refractivity contribution in [3.05, 3.63) is 22.6 Å². The van der Waals surface area contributed by atoms with Crippen molar-refractivity contribution in [2.24, 2.45) is 0 Å². The van der Waals surface area contributed by atoms with E-state index in [0.29, 0.717) is 0 Å². The minimum atomic E-state index is -0.157. The van der Waals surface area contributed by atoms with E-state index in [9.17, 15) is 4.79 Å². The number of hydrogen-bond acceptors (Lipinski definition) is 4. The Morgan fingerprint density at radius 2 is 2.16 bits per heavy atom. The predicted molar refractivity (Wildman–Crippen MR) is 80.9 cm³/mol. The minimum absolute atomic E-state index is 0.0833. The van der Waals surface area contributed by atoms with Gasteiger partial charge in [0.25, 0.3) is 0 Å². The maximum Gasteiger partial charge on any atom is 0.344 e. The number of thioether (sulfide) groups is 1. The van der Waals surface area contributed by atoms with Crippen molar-refractivity contribution < 1.29 is 0 Å². The average Bonchev–Trinajstić information content (AvgIpc) is 2.64. The van der Waals surface area contributed by atoms with E-state index in [-0.39, 0.29) is 17.3 Å². The summed E-state index contributed by atoms with van der Waals surface area (Å²) in [6, 6.07) is 0.106. The van der Waals surface area contributed by atoms with Crippen LogP contribution in [-0.2, 0) is 0 Å². The van der Waals surface area contributed by atoms with Gasteiger partial charge in [0, 0.05) is 23.9 Å². The lowest BCUT2D eigenvalue weighted by Crippen LogP contribution is -2.37. The van der Waals surface area contributed by atoms with E-state index in [0.717, 1.165) is 23.0 Å². The summed E-state index contributed by atoms with van der Waals surface area (Å²) in [7, 11) is 0. The summed E-state index contributed by atoms with van der Waals surface area (Å²) in [5.41, 5.74) is 1.02. The molecule has 0 radical (unpaired) electrons. The third kappa shape index (κ3) is 5.24. The van der Waals surface area contributed by atoms with Crippen LogP contribution in [0.15, 0.2) is 22.1 Å². The second-order valence-corrected chi connectivity index (χ2v) is 6.86. The monoisotopic (exact) mass is 284 g/mol. The van der Waals surface area contributed by atoms with Gasteiger partial charge in [-0.15, -0.1) is 5.10 Å². The van der Waals surface area contributed by atoms with Gasteiger partial charge in [0.05, 0.1) is 0 Å². The van der Waals surface area contributed by atoms with Crippen LogP contribution in [-0.4, -0.2) is 32.6 Å². The fraction of sp³-hybridized carbons (Fsp3) is 0.692. The average molecular weight is 284 g/mol.